The van der Waals surface area contributed by atoms with Crippen LogP contribution in [0, 0.1) is 53.3 Å². The fourth-order valence-corrected chi connectivity index (χ4v) is 20.9. The highest BCUT2D eigenvalue weighted by molar-refractivity contribution is 6.73. The van der Waals surface area contributed by atoms with Crippen LogP contribution in [0.25, 0.3) is 49.7 Å². The summed E-state index contributed by atoms with van der Waals surface area (Å²) in [6.07, 6.45) is 14.6. The number of nitrogens with one attached hydrogen (secondary N) is 1. The molecule has 353 valence electrons. The summed E-state index contributed by atoms with van der Waals surface area (Å²) >= 11 is 0. The van der Waals surface area contributed by atoms with Crippen LogP contribution in [-0.4, -0.2) is 11.8 Å². The van der Waals surface area contributed by atoms with Gasteiger partial charge in [0.15, 0.2) is 7.28 Å². The standard InChI is InChI=1S/C69H64BN2/c1-38-21-52(50-30-56-57(65(4,5)55-14-10-9-13-54(55)64(56,2)3)31-59(50)71-49-18-15-40(16-19-49)39-11-7-6-8-12-39)62-61(22-38)72-60-20-17-41(66-32-45-23-43-24-46(33-66)68(43,45)36-66)27-51(60)53-28-42(29-58(70-62)63(53)72)67-34-47-25-44-26-48(35-67)69(44,47)37-67/h6-22,27-31,43-48,71H,23-26,32-37H2,1-5H3. The molecule has 2 heterocycles. The largest absolute Gasteiger partial charge is 0.355 e. The number of hydrogen-bond donors (Lipinski definition) is 1. The van der Waals surface area contributed by atoms with Gasteiger partial charge < -0.3 is 9.88 Å². The van der Waals surface area contributed by atoms with Crippen LogP contribution < -0.4 is 16.2 Å². The second kappa shape index (κ2) is 12.7. The Labute approximate surface area is 426 Å². The van der Waals surface area contributed by atoms with E-state index in [4.69, 9.17) is 0 Å². The lowest BCUT2D eigenvalue weighted by Crippen LogP contribution is -2.59. The number of benzene rings is 7. The van der Waals surface area contributed by atoms with Crippen molar-refractivity contribution >= 4 is 51.4 Å². The monoisotopic (exact) mass is 932 g/mol. The Morgan fingerprint density at radius 1 is 0.514 bits per heavy atom. The van der Waals surface area contributed by atoms with E-state index < -0.39 is 0 Å². The van der Waals surface area contributed by atoms with Crippen LogP contribution in [0.5, 0.6) is 0 Å². The van der Waals surface area contributed by atoms with Crippen molar-refractivity contribution < 1.29 is 0 Å². The number of aryl methyl sites for hydroxylation is 1. The number of hydrogen-bond acceptors (Lipinski definition) is 1. The average Bonchev–Trinajstić information content (AvgIpc) is 4.15. The number of anilines is 2. The van der Waals surface area contributed by atoms with Gasteiger partial charge in [0, 0.05) is 49.7 Å². The zero-order valence-corrected chi connectivity index (χ0v) is 42.8. The van der Waals surface area contributed by atoms with Gasteiger partial charge in [-0.25, -0.2) is 0 Å². The third-order valence-electron chi connectivity index (χ3n) is 24.0. The van der Waals surface area contributed by atoms with Gasteiger partial charge in [0.2, 0.25) is 0 Å². The van der Waals surface area contributed by atoms with Gasteiger partial charge in [-0.15, -0.1) is 0 Å². The molecule has 8 saturated carbocycles. The second-order valence-corrected chi connectivity index (χ2v) is 27.3. The number of fused-ring (bicyclic) bond motifs is 9. The summed E-state index contributed by atoms with van der Waals surface area (Å²) in [7, 11) is 2.66. The average molecular weight is 932 g/mol. The molecule has 0 amide bonds. The Morgan fingerprint density at radius 3 is 1.72 bits per heavy atom. The van der Waals surface area contributed by atoms with E-state index in [9.17, 15) is 0 Å². The molecule has 2 nitrogen and oxygen atoms in total. The lowest BCUT2D eigenvalue weighted by atomic mass is 9.38. The van der Waals surface area contributed by atoms with Gasteiger partial charge in [-0.2, -0.15) is 0 Å². The SMILES string of the molecule is Cc1cc(-c2cc3c(cc2Nc2ccc(-c4ccccc4)cc2)C(C)(C)c2ccccc2C3(C)C)c2c(c1)-n1c3ccc(C45CC6CC7CC(C4)C76C5)cc3c3cc(C45CC6CC7CC(C4)C76C5)cc(c31)[B]2. The number of rotatable bonds is 6. The molecular weight excluding hydrogens is 868 g/mol. The minimum atomic E-state index is -0.182. The van der Waals surface area contributed by atoms with E-state index in [1.165, 1.54) is 158 Å². The Balaban J connectivity index is 0.855. The van der Waals surface area contributed by atoms with E-state index >= 15 is 0 Å². The van der Waals surface area contributed by atoms with Crippen molar-refractivity contribution in [2.75, 3.05) is 5.32 Å². The van der Waals surface area contributed by atoms with Gasteiger partial charge >= 0.3 is 0 Å². The molecule has 9 aliphatic carbocycles. The Kier molecular flexibility index (Phi) is 7.20. The summed E-state index contributed by atoms with van der Waals surface area (Å²) in [5.41, 5.74) is 26.3. The predicted octanol–water partition coefficient (Wildman–Crippen LogP) is 15.3. The summed E-state index contributed by atoms with van der Waals surface area (Å²) in [6, 6.07) is 52.8. The minimum absolute atomic E-state index is 0.175. The molecule has 7 aromatic carbocycles. The van der Waals surface area contributed by atoms with Gasteiger partial charge in [-0.05, 0) is 238 Å². The van der Waals surface area contributed by atoms with Crippen molar-refractivity contribution in [3.05, 3.63) is 172 Å². The van der Waals surface area contributed by atoms with E-state index in [2.05, 4.69) is 185 Å². The van der Waals surface area contributed by atoms with Gasteiger partial charge in [-0.3, -0.25) is 0 Å². The van der Waals surface area contributed by atoms with Crippen LogP contribution in [0.4, 0.5) is 11.4 Å². The van der Waals surface area contributed by atoms with E-state index in [0.29, 0.717) is 21.7 Å². The van der Waals surface area contributed by atoms with Crippen LogP contribution in [-0.2, 0) is 21.7 Å². The van der Waals surface area contributed by atoms with E-state index in [-0.39, 0.29) is 10.8 Å². The summed E-state index contributed by atoms with van der Waals surface area (Å²) in [5, 5.41) is 7.12. The summed E-state index contributed by atoms with van der Waals surface area (Å²) < 4.78 is 2.74. The van der Waals surface area contributed by atoms with Crippen LogP contribution in [0.1, 0.15) is 131 Å². The molecular formula is C69H64BN2. The van der Waals surface area contributed by atoms with Crippen molar-refractivity contribution in [3.63, 3.8) is 0 Å². The molecule has 1 radical (unpaired) electrons. The molecule has 2 spiro atoms. The third-order valence-corrected chi connectivity index (χ3v) is 24.0. The Hall–Kier alpha value is -5.80. The Bertz CT molecular complexity index is 3760. The van der Waals surface area contributed by atoms with E-state index in [1.807, 2.05) is 0 Å². The molecule has 72 heavy (non-hydrogen) atoms. The molecule has 4 bridgehead atoms. The van der Waals surface area contributed by atoms with Gasteiger partial charge in [0.05, 0.1) is 5.52 Å². The van der Waals surface area contributed by atoms with Gasteiger partial charge in [0.25, 0.3) is 0 Å². The lowest BCUT2D eigenvalue weighted by molar-refractivity contribution is -0.175. The van der Waals surface area contributed by atoms with Crippen molar-refractivity contribution in [2.24, 2.45) is 46.3 Å². The van der Waals surface area contributed by atoms with Crippen molar-refractivity contribution in [1.82, 2.24) is 4.57 Å². The molecule has 8 aromatic rings. The smallest absolute Gasteiger partial charge is 0.197 e. The van der Waals surface area contributed by atoms with Crippen LogP contribution in [0.3, 0.4) is 0 Å². The Morgan fingerprint density at radius 2 is 1.10 bits per heavy atom. The lowest BCUT2D eigenvalue weighted by Gasteiger charge is -2.66. The molecule has 4 atom stereocenters. The molecule has 1 aromatic heterocycles. The number of aromatic nitrogens is 1. The highest BCUT2D eigenvalue weighted by atomic mass is 15.0. The quantitative estimate of drug-likeness (QED) is 0.164. The maximum atomic E-state index is 4.10. The summed E-state index contributed by atoms with van der Waals surface area (Å²) in [4.78, 5) is 0. The van der Waals surface area contributed by atoms with Crippen LogP contribution in [0.2, 0.25) is 0 Å². The molecule has 3 heteroatoms. The van der Waals surface area contributed by atoms with Gasteiger partial charge in [-0.1, -0.05) is 118 Å². The number of nitrogens with zero attached hydrogens (tertiary/aromatic N) is 1. The van der Waals surface area contributed by atoms with E-state index in [1.54, 1.807) is 11.1 Å². The zero-order chi connectivity index (χ0) is 47.6. The minimum Gasteiger partial charge on any atom is -0.355 e. The first kappa shape index (κ1) is 40.7. The fourth-order valence-electron chi connectivity index (χ4n) is 20.9. The van der Waals surface area contributed by atoms with Crippen LogP contribution in [0.15, 0.2) is 133 Å². The summed E-state index contributed by atoms with van der Waals surface area (Å²) in [5.74, 6) is 5.93. The third kappa shape index (κ3) is 4.60. The van der Waals surface area contributed by atoms with Crippen molar-refractivity contribution in [2.45, 2.75) is 120 Å². The summed E-state index contributed by atoms with van der Waals surface area (Å²) in [6.45, 7) is 12.1. The van der Waals surface area contributed by atoms with Crippen LogP contribution >= 0.6 is 0 Å². The fraction of sp³-hybridized carbons (Fsp3) is 0.391. The molecule has 18 rings (SSSR count). The maximum Gasteiger partial charge on any atom is 0.197 e. The predicted molar refractivity (Wildman–Crippen MR) is 297 cm³/mol. The molecule has 8 fully saturated rings. The van der Waals surface area contributed by atoms with E-state index in [0.717, 1.165) is 41.2 Å². The zero-order valence-electron chi connectivity index (χ0n) is 42.8. The van der Waals surface area contributed by atoms with Gasteiger partial charge in [0.1, 0.15) is 0 Å². The van der Waals surface area contributed by atoms with Crippen molar-refractivity contribution in [1.29, 1.82) is 0 Å². The molecule has 10 aliphatic rings. The first-order valence-electron chi connectivity index (χ1n) is 28.2. The highest BCUT2D eigenvalue weighted by Gasteiger charge is 2.78. The second-order valence-electron chi connectivity index (χ2n) is 27.3. The highest BCUT2D eigenvalue weighted by Crippen LogP contribution is 2.85. The molecule has 1 aliphatic heterocycles. The molecule has 0 saturated heterocycles. The maximum absolute atomic E-state index is 4.10. The normalized spacial score (nSPS) is 33.9. The van der Waals surface area contributed by atoms with Crippen molar-refractivity contribution in [3.8, 4) is 27.9 Å². The molecule has 1 N–H and O–H groups in total. The molecule has 4 unspecified atom stereocenters. The first-order valence-corrected chi connectivity index (χ1v) is 28.2. The topological polar surface area (TPSA) is 17.0 Å². The first-order chi connectivity index (χ1) is 34.9.